The number of hydrazine groups is 1. The maximum atomic E-state index is 12.3. The fourth-order valence-corrected chi connectivity index (χ4v) is 3.48. The van der Waals surface area contributed by atoms with E-state index in [0.29, 0.717) is 12.6 Å². The summed E-state index contributed by atoms with van der Waals surface area (Å²) in [6.07, 6.45) is 3.61. The fourth-order valence-electron chi connectivity index (χ4n) is 3.48. The van der Waals surface area contributed by atoms with Crippen LogP contribution in [0.1, 0.15) is 30.9 Å². The van der Waals surface area contributed by atoms with E-state index < -0.39 is 0 Å². The normalized spacial score (nSPS) is 27.9. The first-order chi connectivity index (χ1) is 9.81. The van der Waals surface area contributed by atoms with Crippen LogP contribution >= 0.6 is 0 Å². The third-order valence-electron chi connectivity index (χ3n) is 4.36. The predicted octanol–water partition coefficient (Wildman–Crippen LogP) is 0.971. The summed E-state index contributed by atoms with van der Waals surface area (Å²) in [6.45, 7) is 1.45. The van der Waals surface area contributed by atoms with Gasteiger partial charge in [-0.05, 0) is 24.8 Å². The summed E-state index contributed by atoms with van der Waals surface area (Å²) in [5, 5.41) is 0. The number of ether oxygens (including phenoxy) is 1. The molecule has 1 aliphatic carbocycles. The van der Waals surface area contributed by atoms with Crippen LogP contribution in [-0.2, 0) is 9.53 Å². The molecule has 1 aromatic carbocycles. The Hall–Kier alpha value is -1.43. The lowest BCUT2D eigenvalue weighted by Gasteiger charge is -2.41. The minimum Gasteiger partial charge on any atom is -0.375 e. The third kappa shape index (κ3) is 2.44. The highest BCUT2D eigenvalue weighted by molar-refractivity contribution is 5.82. The van der Waals surface area contributed by atoms with E-state index in [9.17, 15) is 4.79 Å². The standard InChI is InChI=1S/C15H21N3O2/c16-17-15(19)14(11-5-2-1-3-6-11)18-9-10-20-13-8-4-7-12(13)18/h1-3,5-6,12-14H,4,7-10,16H2,(H,17,19). The molecular formula is C15H21N3O2. The van der Waals surface area contributed by atoms with Crippen molar-refractivity contribution < 1.29 is 9.53 Å². The van der Waals surface area contributed by atoms with Gasteiger partial charge in [-0.25, -0.2) is 5.84 Å². The van der Waals surface area contributed by atoms with Gasteiger partial charge < -0.3 is 4.74 Å². The van der Waals surface area contributed by atoms with Gasteiger partial charge in [0.1, 0.15) is 6.04 Å². The second kappa shape index (κ2) is 5.91. The number of carbonyl (C=O) groups is 1. The third-order valence-corrected chi connectivity index (χ3v) is 4.36. The van der Waals surface area contributed by atoms with Crippen molar-refractivity contribution in [3.05, 3.63) is 35.9 Å². The van der Waals surface area contributed by atoms with Gasteiger partial charge >= 0.3 is 0 Å². The molecule has 5 heteroatoms. The number of nitrogens with zero attached hydrogens (tertiary/aromatic N) is 1. The van der Waals surface area contributed by atoms with Crippen LogP contribution in [0.2, 0.25) is 0 Å². The molecule has 2 fully saturated rings. The molecule has 2 aliphatic rings. The number of benzene rings is 1. The molecule has 1 saturated carbocycles. The van der Waals surface area contributed by atoms with Gasteiger partial charge in [-0.15, -0.1) is 0 Å². The SMILES string of the molecule is NNC(=O)C(c1ccccc1)N1CCOC2CCCC21. The molecule has 20 heavy (non-hydrogen) atoms. The average molecular weight is 275 g/mol. The van der Waals surface area contributed by atoms with Crippen molar-refractivity contribution in [2.24, 2.45) is 5.84 Å². The van der Waals surface area contributed by atoms with E-state index in [4.69, 9.17) is 10.6 Å². The second-order valence-corrected chi connectivity index (χ2v) is 5.47. The Labute approximate surface area is 119 Å². The van der Waals surface area contributed by atoms with E-state index in [1.165, 1.54) is 0 Å². The first kappa shape index (κ1) is 13.5. The van der Waals surface area contributed by atoms with Crippen LogP contribution < -0.4 is 11.3 Å². The number of nitrogens with two attached hydrogens (primary N) is 1. The Morgan fingerprint density at radius 2 is 2.15 bits per heavy atom. The highest BCUT2D eigenvalue weighted by atomic mass is 16.5. The van der Waals surface area contributed by atoms with E-state index >= 15 is 0 Å². The Morgan fingerprint density at radius 1 is 1.35 bits per heavy atom. The van der Waals surface area contributed by atoms with Crippen LogP contribution in [0.4, 0.5) is 0 Å². The molecule has 3 N–H and O–H groups in total. The molecular weight excluding hydrogens is 254 g/mol. The summed E-state index contributed by atoms with van der Waals surface area (Å²) in [4.78, 5) is 14.5. The number of carbonyl (C=O) groups excluding carboxylic acids is 1. The number of morpholine rings is 1. The van der Waals surface area contributed by atoms with Crippen molar-refractivity contribution in [1.29, 1.82) is 0 Å². The molecule has 3 rings (SSSR count). The van der Waals surface area contributed by atoms with Crippen molar-refractivity contribution in [1.82, 2.24) is 10.3 Å². The van der Waals surface area contributed by atoms with Gasteiger partial charge in [0.15, 0.2) is 0 Å². The first-order valence-corrected chi connectivity index (χ1v) is 7.24. The number of fused-ring (bicyclic) bond motifs is 1. The zero-order valence-electron chi connectivity index (χ0n) is 11.5. The van der Waals surface area contributed by atoms with Gasteiger partial charge in [0.05, 0.1) is 12.7 Å². The smallest absolute Gasteiger partial charge is 0.255 e. The maximum Gasteiger partial charge on any atom is 0.255 e. The molecule has 0 bridgehead atoms. The second-order valence-electron chi connectivity index (χ2n) is 5.47. The van der Waals surface area contributed by atoms with Crippen LogP contribution in [-0.4, -0.2) is 36.1 Å². The molecule has 1 heterocycles. The van der Waals surface area contributed by atoms with Crippen molar-refractivity contribution in [3.8, 4) is 0 Å². The Morgan fingerprint density at radius 3 is 2.90 bits per heavy atom. The number of rotatable bonds is 3. The first-order valence-electron chi connectivity index (χ1n) is 7.24. The van der Waals surface area contributed by atoms with Crippen LogP contribution in [0.25, 0.3) is 0 Å². The largest absolute Gasteiger partial charge is 0.375 e. The monoisotopic (exact) mass is 275 g/mol. The number of nitrogens with one attached hydrogen (secondary N) is 1. The van der Waals surface area contributed by atoms with Crippen molar-refractivity contribution >= 4 is 5.91 Å². The fraction of sp³-hybridized carbons (Fsp3) is 0.533. The highest BCUT2D eigenvalue weighted by Gasteiger charge is 2.41. The van der Waals surface area contributed by atoms with E-state index in [-0.39, 0.29) is 18.1 Å². The molecule has 0 aromatic heterocycles. The molecule has 0 spiro atoms. The Balaban J connectivity index is 1.90. The van der Waals surface area contributed by atoms with Gasteiger partial charge in [-0.3, -0.25) is 15.1 Å². The zero-order valence-corrected chi connectivity index (χ0v) is 11.5. The van der Waals surface area contributed by atoms with E-state index in [1.807, 2.05) is 30.3 Å². The van der Waals surface area contributed by atoms with Crippen molar-refractivity contribution in [2.75, 3.05) is 13.2 Å². The van der Waals surface area contributed by atoms with Crippen molar-refractivity contribution in [3.63, 3.8) is 0 Å². The zero-order chi connectivity index (χ0) is 13.9. The number of hydrogen-bond acceptors (Lipinski definition) is 4. The number of hydrogen-bond donors (Lipinski definition) is 2. The van der Waals surface area contributed by atoms with Crippen LogP contribution in [0.5, 0.6) is 0 Å². The van der Waals surface area contributed by atoms with Crippen LogP contribution in [0.3, 0.4) is 0 Å². The molecule has 1 saturated heterocycles. The summed E-state index contributed by atoms with van der Waals surface area (Å²) in [5.41, 5.74) is 3.31. The summed E-state index contributed by atoms with van der Waals surface area (Å²) in [7, 11) is 0. The quantitative estimate of drug-likeness (QED) is 0.490. The van der Waals surface area contributed by atoms with Gasteiger partial charge in [0.2, 0.25) is 0 Å². The van der Waals surface area contributed by atoms with Gasteiger partial charge in [0.25, 0.3) is 5.91 Å². The summed E-state index contributed by atoms with van der Waals surface area (Å²) >= 11 is 0. The van der Waals surface area contributed by atoms with Gasteiger partial charge in [-0.1, -0.05) is 30.3 Å². The highest BCUT2D eigenvalue weighted by Crippen LogP contribution is 2.35. The average Bonchev–Trinajstić information content (AvgIpc) is 2.98. The molecule has 3 unspecified atom stereocenters. The summed E-state index contributed by atoms with van der Waals surface area (Å²) in [6, 6.07) is 9.84. The van der Waals surface area contributed by atoms with E-state index in [1.54, 1.807) is 0 Å². The van der Waals surface area contributed by atoms with Crippen LogP contribution in [0.15, 0.2) is 30.3 Å². The minimum atomic E-state index is -0.323. The molecule has 1 aliphatic heterocycles. The molecule has 1 aromatic rings. The van der Waals surface area contributed by atoms with Crippen molar-refractivity contribution in [2.45, 2.75) is 37.5 Å². The van der Waals surface area contributed by atoms with Gasteiger partial charge in [0, 0.05) is 12.6 Å². The lowest BCUT2D eigenvalue weighted by Crippen LogP contribution is -2.54. The molecule has 108 valence electrons. The van der Waals surface area contributed by atoms with Crippen LogP contribution in [0, 0.1) is 0 Å². The number of amides is 1. The van der Waals surface area contributed by atoms with E-state index in [2.05, 4.69) is 10.3 Å². The summed E-state index contributed by atoms with van der Waals surface area (Å²) in [5.74, 6) is 5.25. The molecule has 0 radical (unpaired) electrons. The van der Waals surface area contributed by atoms with E-state index in [0.717, 1.165) is 31.4 Å². The lowest BCUT2D eigenvalue weighted by atomic mass is 10.00. The minimum absolute atomic E-state index is 0.149. The maximum absolute atomic E-state index is 12.3. The Bertz CT molecular complexity index is 465. The predicted molar refractivity (Wildman–Crippen MR) is 75.6 cm³/mol. The molecule has 5 nitrogen and oxygen atoms in total. The summed E-state index contributed by atoms with van der Waals surface area (Å²) < 4.78 is 5.83. The van der Waals surface area contributed by atoms with Gasteiger partial charge in [-0.2, -0.15) is 0 Å². The molecule has 1 amide bonds. The molecule has 3 atom stereocenters. The Kier molecular flexibility index (Phi) is 4.00. The topological polar surface area (TPSA) is 67.6 Å². The lowest BCUT2D eigenvalue weighted by molar-refractivity contribution is -0.134.